The molecule has 0 bridgehead atoms. The van der Waals surface area contributed by atoms with E-state index in [9.17, 15) is 0 Å². The van der Waals surface area contributed by atoms with Gasteiger partial charge in [0.1, 0.15) is 0 Å². The summed E-state index contributed by atoms with van der Waals surface area (Å²) < 4.78 is 0.854. The summed E-state index contributed by atoms with van der Waals surface area (Å²) in [5.74, 6) is 0.708. The highest BCUT2D eigenvalue weighted by Crippen LogP contribution is 2.22. The minimum absolute atomic E-state index is 0.351. The smallest absolute Gasteiger partial charge is 0.0931 e. The molecule has 1 aromatic heterocycles. The molecule has 3 heteroatoms. The second-order valence-electron chi connectivity index (χ2n) is 5.65. The number of hydrogen-bond acceptors (Lipinski definition) is 2. The minimum atomic E-state index is 0.351. The molecule has 1 unspecified atom stereocenters. The summed E-state index contributed by atoms with van der Waals surface area (Å²) in [6, 6.07) is 13.3. The van der Waals surface area contributed by atoms with Crippen LogP contribution in [0.5, 0.6) is 0 Å². The predicted octanol–water partition coefficient (Wildman–Crippen LogP) is 5.45. The van der Waals surface area contributed by atoms with Gasteiger partial charge >= 0.3 is 0 Å². The highest BCUT2D eigenvalue weighted by molar-refractivity contribution is 7.16. The molecule has 0 fully saturated rings. The fourth-order valence-corrected chi connectivity index (χ4v) is 3.27. The summed E-state index contributed by atoms with van der Waals surface area (Å²) in [5, 5.41) is 3.54. The molecule has 1 atom stereocenters. The molecule has 0 saturated carbocycles. The average molecular weight is 308 g/mol. The Morgan fingerprint density at radius 3 is 2.30 bits per heavy atom. The zero-order chi connectivity index (χ0) is 14.5. The molecule has 0 amide bonds. The molecule has 1 nitrogen and oxygen atoms in total. The third kappa shape index (κ3) is 4.62. The number of benzene rings is 1. The molecule has 20 heavy (non-hydrogen) atoms. The largest absolute Gasteiger partial charge is 0.305 e. The molecule has 0 saturated heterocycles. The molecule has 0 aliphatic rings. The summed E-state index contributed by atoms with van der Waals surface area (Å²) in [5.41, 5.74) is 2.75. The number of hydrogen-bond donors (Lipinski definition) is 1. The van der Waals surface area contributed by atoms with Crippen LogP contribution in [0, 0.1) is 5.92 Å². The van der Waals surface area contributed by atoms with Crippen LogP contribution in [0.2, 0.25) is 4.34 Å². The third-order valence-electron chi connectivity index (χ3n) is 3.34. The van der Waals surface area contributed by atoms with Crippen LogP contribution in [0.3, 0.4) is 0 Å². The van der Waals surface area contributed by atoms with E-state index < -0.39 is 0 Å². The van der Waals surface area contributed by atoms with Crippen LogP contribution in [0.1, 0.15) is 42.8 Å². The van der Waals surface area contributed by atoms with Crippen molar-refractivity contribution in [1.29, 1.82) is 0 Å². The molecule has 0 radical (unpaired) electrons. The molecule has 0 aliphatic heterocycles. The van der Waals surface area contributed by atoms with E-state index in [0.717, 1.165) is 17.3 Å². The Morgan fingerprint density at radius 2 is 1.75 bits per heavy atom. The summed E-state index contributed by atoms with van der Waals surface area (Å²) >= 11 is 7.58. The summed E-state index contributed by atoms with van der Waals surface area (Å²) in [6.07, 6.45) is 1.15. The van der Waals surface area contributed by atoms with Crippen molar-refractivity contribution in [3.63, 3.8) is 0 Å². The van der Waals surface area contributed by atoms with Crippen LogP contribution < -0.4 is 5.32 Å². The molecule has 0 spiro atoms. The van der Waals surface area contributed by atoms with Gasteiger partial charge in [0.25, 0.3) is 0 Å². The Hall–Kier alpha value is -0.830. The second-order valence-corrected chi connectivity index (χ2v) is 7.45. The van der Waals surface area contributed by atoms with Gasteiger partial charge in [0.2, 0.25) is 0 Å². The minimum Gasteiger partial charge on any atom is -0.305 e. The van der Waals surface area contributed by atoms with E-state index in [0.29, 0.717) is 12.0 Å². The third-order valence-corrected chi connectivity index (χ3v) is 4.57. The fraction of sp³-hybridized carbons (Fsp3) is 0.412. The number of halogens is 1. The number of thiophene rings is 1. The van der Waals surface area contributed by atoms with Gasteiger partial charge in [-0.25, -0.2) is 0 Å². The van der Waals surface area contributed by atoms with E-state index in [4.69, 9.17) is 11.6 Å². The maximum atomic E-state index is 5.94. The Labute approximate surface area is 131 Å². The highest BCUT2D eigenvalue weighted by Gasteiger charge is 2.06. The lowest BCUT2D eigenvalue weighted by molar-refractivity contribution is 0.578. The van der Waals surface area contributed by atoms with Crippen LogP contribution in [0.15, 0.2) is 36.4 Å². The molecule has 1 N–H and O–H groups in total. The van der Waals surface area contributed by atoms with Gasteiger partial charge in [0, 0.05) is 17.5 Å². The van der Waals surface area contributed by atoms with Gasteiger partial charge in [-0.3, -0.25) is 0 Å². The van der Waals surface area contributed by atoms with Crippen molar-refractivity contribution < 1.29 is 0 Å². The maximum Gasteiger partial charge on any atom is 0.0931 e. The van der Waals surface area contributed by atoms with Crippen LogP contribution in [-0.4, -0.2) is 0 Å². The van der Waals surface area contributed by atoms with Gasteiger partial charge in [-0.15, -0.1) is 11.3 Å². The summed E-state index contributed by atoms with van der Waals surface area (Å²) in [7, 11) is 0. The lowest BCUT2D eigenvalue weighted by Crippen LogP contribution is -2.17. The van der Waals surface area contributed by atoms with Gasteiger partial charge in [-0.05, 0) is 42.5 Å². The Morgan fingerprint density at radius 1 is 1.05 bits per heavy atom. The fourth-order valence-electron chi connectivity index (χ4n) is 2.23. The lowest BCUT2D eigenvalue weighted by atomic mass is 10.00. The SMILES string of the molecule is CC(C)Cc1ccc(C(C)NCc2ccc(Cl)s2)cc1. The molecular formula is C17H22ClNS. The van der Waals surface area contributed by atoms with Crippen molar-refractivity contribution >= 4 is 22.9 Å². The van der Waals surface area contributed by atoms with Gasteiger partial charge in [-0.1, -0.05) is 49.7 Å². The first-order chi connectivity index (χ1) is 9.54. The first-order valence-electron chi connectivity index (χ1n) is 7.11. The Bertz CT molecular complexity index is 530. The van der Waals surface area contributed by atoms with E-state index in [1.807, 2.05) is 6.07 Å². The van der Waals surface area contributed by atoms with Crippen molar-refractivity contribution in [2.45, 2.75) is 39.8 Å². The molecule has 2 aromatic rings. The normalized spacial score (nSPS) is 12.8. The van der Waals surface area contributed by atoms with Crippen LogP contribution in [0.4, 0.5) is 0 Å². The van der Waals surface area contributed by atoms with Gasteiger partial charge in [-0.2, -0.15) is 0 Å². The first kappa shape index (κ1) is 15.6. The van der Waals surface area contributed by atoms with E-state index in [1.165, 1.54) is 16.0 Å². The Kier molecular flexibility index (Phi) is 5.64. The van der Waals surface area contributed by atoms with Crippen molar-refractivity contribution in [1.82, 2.24) is 5.32 Å². The van der Waals surface area contributed by atoms with Crippen molar-refractivity contribution in [2.24, 2.45) is 5.92 Å². The summed E-state index contributed by atoms with van der Waals surface area (Å²) in [4.78, 5) is 1.28. The zero-order valence-corrected chi connectivity index (χ0v) is 13.9. The van der Waals surface area contributed by atoms with Crippen molar-refractivity contribution in [2.75, 3.05) is 0 Å². The second kappa shape index (κ2) is 7.26. The van der Waals surface area contributed by atoms with Gasteiger partial charge < -0.3 is 5.32 Å². The van der Waals surface area contributed by atoms with E-state index >= 15 is 0 Å². The zero-order valence-electron chi connectivity index (χ0n) is 12.3. The van der Waals surface area contributed by atoms with Gasteiger partial charge in [0.05, 0.1) is 4.34 Å². The lowest BCUT2D eigenvalue weighted by Gasteiger charge is -2.14. The standard InChI is InChI=1S/C17H22ClNS/c1-12(2)10-14-4-6-15(7-5-14)13(3)19-11-16-8-9-17(18)20-16/h4-9,12-13,19H,10-11H2,1-3H3. The Balaban J connectivity index is 1.90. The van der Waals surface area contributed by atoms with Crippen molar-refractivity contribution in [3.8, 4) is 0 Å². The van der Waals surface area contributed by atoms with E-state index in [-0.39, 0.29) is 0 Å². The molecule has 108 valence electrons. The number of nitrogens with one attached hydrogen (secondary N) is 1. The summed E-state index contributed by atoms with van der Waals surface area (Å²) in [6.45, 7) is 7.58. The maximum absolute atomic E-state index is 5.94. The first-order valence-corrected chi connectivity index (χ1v) is 8.30. The molecular weight excluding hydrogens is 286 g/mol. The molecule has 0 aliphatic carbocycles. The molecule has 2 rings (SSSR count). The molecule has 1 heterocycles. The molecule has 1 aromatic carbocycles. The average Bonchev–Trinajstić information content (AvgIpc) is 2.82. The van der Waals surface area contributed by atoms with Crippen LogP contribution in [0.25, 0.3) is 0 Å². The number of rotatable bonds is 6. The predicted molar refractivity (Wildman–Crippen MR) is 89.6 cm³/mol. The van der Waals surface area contributed by atoms with Crippen LogP contribution in [-0.2, 0) is 13.0 Å². The van der Waals surface area contributed by atoms with E-state index in [2.05, 4.69) is 56.4 Å². The monoisotopic (exact) mass is 307 g/mol. The van der Waals surface area contributed by atoms with Crippen LogP contribution >= 0.6 is 22.9 Å². The quantitative estimate of drug-likeness (QED) is 0.748. The van der Waals surface area contributed by atoms with Crippen molar-refractivity contribution in [3.05, 3.63) is 56.7 Å². The topological polar surface area (TPSA) is 12.0 Å². The van der Waals surface area contributed by atoms with E-state index in [1.54, 1.807) is 11.3 Å². The van der Waals surface area contributed by atoms with Gasteiger partial charge in [0.15, 0.2) is 0 Å². The highest BCUT2D eigenvalue weighted by atomic mass is 35.5.